The molecule has 0 spiro atoms. The van der Waals surface area contributed by atoms with E-state index >= 15 is 0 Å². The quantitative estimate of drug-likeness (QED) is 0.498. The number of hydrogen-bond acceptors (Lipinski definition) is 5. The van der Waals surface area contributed by atoms with Crippen molar-refractivity contribution in [2.75, 3.05) is 66.5 Å². The van der Waals surface area contributed by atoms with E-state index in [2.05, 4.69) is 54.9 Å². The van der Waals surface area contributed by atoms with Gasteiger partial charge in [0.2, 0.25) is 0 Å². The number of hydrogen-bond donors (Lipinski definition) is 2. The van der Waals surface area contributed by atoms with Crippen LogP contribution in [0.25, 0.3) is 0 Å². The van der Waals surface area contributed by atoms with Crippen molar-refractivity contribution in [1.29, 1.82) is 0 Å². The minimum Gasteiger partial charge on any atom is -0.355 e. The number of likely N-dealkylation sites (tertiary alicyclic amines) is 3. The van der Waals surface area contributed by atoms with E-state index in [1.165, 1.54) is 89.1 Å². The molecule has 0 radical (unpaired) electrons. The largest absolute Gasteiger partial charge is 0.355 e. The van der Waals surface area contributed by atoms with Crippen molar-refractivity contribution in [3.8, 4) is 0 Å². The fourth-order valence-electron chi connectivity index (χ4n) is 5.61. The van der Waals surface area contributed by atoms with Crippen LogP contribution in [0.3, 0.4) is 0 Å². The Morgan fingerprint density at radius 1 is 1.03 bits per heavy atom. The van der Waals surface area contributed by atoms with Crippen molar-refractivity contribution in [3.63, 3.8) is 0 Å². The zero-order valence-electron chi connectivity index (χ0n) is 19.6. The van der Waals surface area contributed by atoms with Gasteiger partial charge in [0, 0.05) is 30.6 Å². The van der Waals surface area contributed by atoms with Gasteiger partial charge in [-0.3, -0.25) is 14.8 Å². The molecule has 0 saturated carbocycles. The van der Waals surface area contributed by atoms with Gasteiger partial charge in [-0.1, -0.05) is 12.5 Å². The molecule has 0 aliphatic carbocycles. The molecule has 3 fully saturated rings. The van der Waals surface area contributed by atoms with E-state index < -0.39 is 0 Å². The Morgan fingerprint density at radius 2 is 1.74 bits per heavy atom. The Hall–Kier alpha value is -1.15. The first kappa shape index (κ1) is 23.0. The van der Waals surface area contributed by atoms with Gasteiger partial charge in [-0.15, -0.1) is 11.3 Å². The van der Waals surface area contributed by atoms with Gasteiger partial charge >= 0.3 is 0 Å². The Labute approximate surface area is 193 Å². The molecule has 3 aliphatic rings. The van der Waals surface area contributed by atoms with E-state index in [0.717, 1.165) is 19.0 Å². The number of nitrogens with zero attached hydrogens (tertiary/aromatic N) is 4. The maximum absolute atomic E-state index is 4.59. The van der Waals surface area contributed by atoms with Crippen LogP contribution in [0.4, 0.5) is 0 Å². The summed E-state index contributed by atoms with van der Waals surface area (Å²) < 4.78 is 0. The van der Waals surface area contributed by atoms with Crippen LogP contribution in [-0.2, 0) is 0 Å². The van der Waals surface area contributed by atoms with Crippen molar-refractivity contribution in [2.45, 2.75) is 56.5 Å². The molecule has 174 valence electrons. The van der Waals surface area contributed by atoms with Crippen LogP contribution in [0, 0.1) is 0 Å². The number of nitrogens with one attached hydrogen (secondary N) is 2. The first-order chi connectivity index (χ1) is 15.2. The lowest BCUT2D eigenvalue weighted by Gasteiger charge is -2.50. The molecule has 3 saturated heterocycles. The normalized spacial score (nSPS) is 24.9. The van der Waals surface area contributed by atoms with Crippen LogP contribution in [0.5, 0.6) is 0 Å². The topological polar surface area (TPSA) is 46.1 Å². The van der Waals surface area contributed by atoms with Crippen molar-refractivity contribution in [3.05, 3.63) is 22.4 Å². The highest BCUT2D eigenvalue weighted by molar-refractivity contribution is 7.10. The van der Waals surface area contributed by atoms with Crippen LogP contribution in [-0.4, -0.2) is 92.7 Å². The second-order valence-electron chi connectivity index (χ2n) is 9.66. The molecular formula is C24H42N6S. The molecule has 6 nitrogen and oxygen atoms in total. The molecule has 2 N–H and O–H groups in total. The summed E-state index contributed by atoms with van der Waals surface area (Å²) >= 11 is 1.88. The second kappa shape index (κ2) is 11.1. The molecule has 4 rings (SSSR count). The highest BCUT2D eigenvalue weighted by atomic mass is 32.1. The number of aliphatic imine (C=N–C) groups is 1. The van der Waals surface area contributed by atoms with E-state index in [1.807, 2.05) is 18.4 Å². The number of guanidine groups is 1. The highest BCUT2D eigenvalue weighted by Crippen LogP contribution is 2.31. The minimum absolute atomic E-state index is 0.270. The lowest BCUT2D eigenvalue weighted by atomic mass is 9.84. The van der Waals surface area contributed by atoms with Crippen LogP contribution >= 0.6 is 11.3 Å². The smallest absolute Gasteiger partial charge is 0.191 e. The predicted molar refractivity (Wildman–Crippen MR) is 132 cm³/mol. The summed E-state index contributed by atoms with van der Waals surface area (Å²) in [5.74, 6) is 0.955. The van der Waals surface area contributed by atoms with E-state index in [9.17, 15) is 0 Å². The summed E-state index contributed by atoms with van der Waals surface area (Å²) in [7, 11) is 4.17. The second-order valence-corrected chi connectivity index (χ2v) is 10.6. The summed E-state index contributed by atoms with van der Waals surface area (Å²) in [6.45, 7) is 9.23. The Bertz CT molecular complexity index is 670. The molecule has 1 aromatic rings. The molecule has 0 bridgehead atoms. The van der Waals surface area contributed by atoms with Crippen LogP contribution < -0.4 is 10.6 Å². The highest BCUT2D eigenvalue weighted by Gasteiger charge is 2.39. The van der Waals surface area contributed by atoms with Crippen molar-refractivity contribution in [1.82, 2.24) is 25.3 Å². The Kier molecular flexibility index (Phi) is 8.26. The van der Waals surface area contributed by atoms with Gasteiger partial charge in [-0.25, -0.2) is 0 Å². The minimum atomic E-state index is 0.270. The van der Waals surface area contributed by atoms with Gasteiger partial charge in [0.15, 0.2) is 5.96 Å². The average molecular weight is 447 g/mol. The fraction of sp³-hybridized carbons (Fsp3) is 0.792. The predicted octanol–water partition coefficient (Wildman–Crippen LogP) is 3.00. The SMILES string of the molecule is CN=C(NCC(c1cccs1)N1CCCC1)NCC1(N2CCCCC2)CCN(C)CC1. The molecule has 7 heteroatoms. The maximum Gasteiger partial charge on any atom is 0.191 e. The van der Waals surface area contributed by atoms with Gasteiger partial charge in [-0.05, 0) is 96.3 Å². The van der Waals surface area contributed by atoms with Crippen molar-refractivity contribution in [2.24, 2.45) is 4.99 Å². The lowest BCUT2D eigenvalue weighted by Crippen LogP contribution is -2.62. The van der Waals surface area contributed by atoms with Crippen LogP contribution in [0.1, 0.15) is 55.9 Å². The first-order valence-corrected chi connectivity index (χ1v) is 13.2. The Morgan fingerprint density at radius 3 is 2.39 bits per heavy atom. The summed E-state index contributed by atoms with van der Waals surface area (Å²) in [6.07, 6.45) is 9.23. The zero-order valence-corrected chi connectivity index (χ0v) is 20.4. The van der Waals surface area contributed by atoms with Gasteiger partial charge in [0.05, 0.1) is 6.04 Å². The first-order valence-electron chi connectivity index (χ1n) is 12.4. The zero-order chi connectivity index (χ0) is 21.5. The molecule has 31 heavy (non-hydrogen) atoms. The van der Waals surface area contributed by atoms with E-state index in [4.69, 9.17) is 0 Å². The molecule has 1 atom stereocenters. The molecule has 1 aromatic heterocycles. The third-order valence-corrected chi connectivity index (χ3v) is 8.64. The summed E-state index contributed by atoms with van der Waals surface area (Å²) in [5.41, 5.74) is 0.270. The molecule has 1 unspecified atom stereocenters. The van der Waals surface area contributed by atoms with Crippen molar-refractivity contribution < 1.29 is 0 Å². The fourth-order valence-corrected chi connectivity index (χ4v) is 6.47. The molecule has 3 aliphatic heterocycles. The van der Waals surface area contributed by atoms with Crippen LogP contribution in [0.2, 0.25) is 0 Å². The maximum atomic E-state index is 4.59. The summed E-state index contributed by atoms with van der Waals surface area (Å²) in [6, 6.07) is 4.91. The van der Waals surface area contributed by atoms with Crippen LogP contribution in [0.15, 0.2) is 22.5 Å². The van der Waals surface area contributed by atoms with E-state index in [-0.39, 0.29) is 5.54 Å². The summed E-state index contributed by atoms with van der Waals surface area (Å²) in [5, 5.41) is 9.63. The van der Waals surface area contributed by atoms with E-state index in [1.54, 1.807) is 0 Å². The molecular weight excluding hydrogens is 404 g/mol. The number of rotatable bonds is 7. The van der Waals surface area contributed by atoms with Crippen molar-refractivity contribution >= 4 is 17.3 Å². The Balaban J connectivity index is 1.37. The third kappa shape index (κ3) is 5.81. The molecule has 4 heterocycles. The molecule has 0 amide bonds. The molecule has 0 aromatic carbocycles. The van der Waals surface area contributed by atoms with Gasteiger partial charge in [0.25, 0.3) is 0 Å². The van der Waals surface area contributed by atoms with Gasteiger partial charge in [-0.2, -0.15) is 0 Å². The number of thiophene rings is 1. The standard InChI is InChI=1S/C24H42N6S/c1-25-23(26-19-21(22-9-8-18-31-22)29-12-6-7-13-29)27-20-24(10-16-28(2)17-11-24)30-14-4-3-5-15-30/h8-9,18,21H,3-7,10-17,19-20H2,1-2H3,(H2,25,26,27). The number of piperidine rings is 2. The average Bonchev–Trinajstić information content (AvgIpc) is 3.53. The van der Waals surface area contributed by atoms with Gasteiger partial charge < -0.3 is 15.5 Å². The third-order valence-electron chi connectivity index (χ3n) is 7.67. The van der Waals surface area contributed by atoms with E-state index in [0.29, 0.717) is 6.04 Å². The lowest BCUT2D eigenvalue weighted by molar-refractivity contribution is 0.0173. The van der Waals surface area contributed by atoms with Gasteiger partial charge in [0.1, 0.15) is 0 Å². The monoisotopic (exact) mass is 446 g/mol. The summed E-state index contributed by atoms with van der Waals surface area (Å²) in [4.78, 5) is 14.0.